The average Bonchev–Trinajstić information content (AvgIpc) is 1.98. The van der Waals surface area contributed by atoms with Gasteiger partial charge in [0, 0.05) is 0 Å². The van der Waals surface area contributed by atoms with E-state index in [1.54, 1.807) is 19.9 Å². The number of ether oxygens (including phenoxy) is 1. The molecule has 0 aliphatic heterocycles. The summed E-state index contributed by atoms with van der Waals surface area (Å²) in [4.78, 5) is 11.4. The van der Waals surface area contributed by atoms with E-state index in [-0.39, 0.29) is 5.41 Å². The van der Waals surface area contributed by atoms with Gasteiger partial charge in [-0.3, -0.25) is 0 Å². The topological polar surface area (TPSA) is 46.5 Å². The molecule has 0 aromatic carbocycles. The molecule has 0 aliphatic rings. The molecule has 3 nitrogen and oxygen atoms in total. The SMILES string of the molecule is CCOC(=O)/C(=C\C(C)(C)C)C(C)O. The fourth-order valence-electron chi connectivity index (χ4n) is 1.03. The number of esters is 1. The third-order valence-electron chi connectivity index (χ3n) is 1.55. The molecule has 0 heterocycles. The van der Waals surface area contributed by atoms with Gasteiger partial charge < -0.3 is 9.84 Å². The molecule has 0 saturated carbocycles. The van der Waals surface area contributed by atoms with Gasteiger partial charge in [0.25, 0.3) is 0 Å². The molecule has 0 spiro atoms. The maximum atomic E-state index is 11.4. The van der Waals surface area contributed by atoms with Gasteiger partial charge in [-0.05, 0) is 19.3 Å². The Morgan fingerprint density at radius 2 is 2.00 bits per heavy atom. The average molecular weight is 200 g/mol. The van der Waals surface area contributed by atoms with Crippen molar-refractivity contribution >= 4 is 5.97 Å². The van der Waals surface area contributed by atoms with Crippen LogP contribution in [-0.2, 0) is 9.53 Å². The number of carbonyl (C=O) groups is 1. The number of carbonyl (C=O) groups excluding carboxylic acids is 1. The minimum absolute atomic E-state index is 0.140. The van der Waals surface area contributed by atoms with E-state index in [1.165, 1.54) is 0 Å². The molecule has 0 aliphatic carbocycles. The Morgan fingerprint density at radius 1 is 1.50 bits per heavy atom. The second-order valence-electron chi connectivity index (χ2n) is 4.36. The lowest BCUT2D eigenvalue weighted by Crippen LogP contribution is -2.20. The minimum atomic E-state index is -0.784. The lowest BCUT2D eigenvalue weighted by molar-refractivity contribution is -0.139. The van der Waals surface area contributed by atoms with Crippen LogP contribution in [0.2, 0.25) is 0 Å². The molecule has 0 aromatic heterocycles. The van der Waals surface area contributed by atoms with Crippen LogP contribution in [-0.4, -0.2) is 23.8 Å². The lowest BCUT2D eigenvalue weighted by Gasteiger charge is -2.17. The normalized spacial score (nSPS) is 15.1. The Hall–Kier alpha value is -0.830. The van der Waals surface area contributed by atoms with E-state index in [0.29, 0.717) is 12.2 Å². The van der Waals surface area contributed by atoms with Crippen molar-refractivity contribution in [3.63, 3.8) is 0 Å². The van der Waals surface area contributed by atoms with Gasteiger partial charge in [-0.15, -0.1) is 0 Å². The first kappa shape index (κ1) is 13.2. The molecule has 0 fully saturated rings. The molecule has 3 heteroatoms. The van der Waals surface area contributed by atoms with Gasteiger partial charge >= 0.3 is 5.97 Å². The summed E-state index contributed by atoms with van der Waals surface area (Å²) in [6, 6.07) is 0. The summed E-state index contributed by atoms with van der Waals surface area (Å²) in [5.74, 6) is -0.433. The molecule has 1 unspecified atom stereocenters. The molecule has 0 bridgehead atoms. The Kier molecular flexibility index (Phi) is 4.85. The van der Waals surface area contributed by atoms with Crippen molar-refractivity contribution in [1.29, 1.82) is 0 Å². The molecule has 14 heavy (non-hydrogen) atoms. The number of aliphatic hydroxyl groups excluding tert-OH is 1. The summed E-state index contributed by atoms with van der Waals surface area (Å²) in [6.45, 7) is 9.54. The molecule has 0 amide bonds. The summed E-state index contributed by atoms with van der Waals surface area (Å²) < 4.78 is 4.84. The molecular weight excluding hydrogens is 180 g/mol. The number of hydrogen-bond acceptors (Lipinski definition) is 3. The second-order valence-corrected chi connectivity index (χ2v) is 4.36. The predicted molar refractivity (Wildman–Crippen MR) is 55.9 cm³/mol. The quantitative estimate of drug-likeness (QED) is 0.559. The summed E-state index contributed by atoms with van der Waals surface area (Å²) in [6.07, 6.45) is 0.962. The van der Waals surface area contributed by atoms with Crippen molar-refractivity contribution < 1.29 is 14.6 Å². The van der Waals surface area contributed by atoms with Crippen LogP contribution in [0.3, 0.4) is 0 Å². The van der Waals surface area contributed by atoms with E-state index >= 15 is 0 Å². The number of aliphatic hydroxyl groups is 1. The third-order valence-corrected chi connectivity index (χ3v) is 1.55. The van der Waals surface area contributed by atoms with Crippen molar-refractivity contribution in [2.75, 3.05) is 6.61 Å². The smallest absolute Gasteiger partial charge is 0.336 e. The fourth-order valence-corrected chi connectivity index (χ4v) is 1.03. The first-order valence-corrected chi connectivity index (χ1v) is 4.86. The third kappa shape index (κ3) is 5.02. The fraction of sp³-hybridized carbons (Fsp3) is 0.727. The zero-order valence-electron chi connectivity index (χ0n) is 9.63. The molecule has 82 valence electrons. The standard InChI is InChI=1S/C11H20O3/c1-6-14-10(13)9(8(2)12)7-11(3,4)5/h7-8,12H,6H2,1-5H3/b9-7-. The zero-order valence-corrected chi connectivity index (χ0v) is 9.63. The van der Waals surface area contributed by atoms with Gasteiger partial charge in [-0.2, -0.15) is 0 Å². The van der Waals surface area contributed by atoms with Crippen LogP contribution in [0, 0.1) is 5.41 Å². The maximum absolute atomic E-state index is 11.4. The van der Waals surface area contributed by atoms with Gasteiger partial charge in [-0.1, -0.05) is 26.8 Å². The van der Waals surface area contributed by atoms with E-state index in [1.807, 2.05) is 20.8 Å². The highest BCUT2D eigenvalue weighted by atomic mass is 16.5. The Balaban J connectivity index is 4.78. The van der Waals surface area contributed by atoms with Crippen LogP contribution in [0.15, 0.2) is 11.6 Å². The van der Waals surface area contributed by atoms with Crippen LogP contribution >= 0.6 is 0 Å². The van der Waals surface area contributed by atoms with Crippen molar-refractivity contribution in [3.8, 4) is 0 Å². The molecular formula is C11H20O3. The van der Waals surface area contributed by atoms with Crippen LogP contribution in [0.25, 0.3) is 0 Å². The Bertz CT molecular complexity index is 221. The van der Waals surface area contributed by atoms with Crippen LogP contribution in [0.4, 0.5) is 0 Å². The maximum Gasteiger partial charge on any atom is 0.336 e. The highest BCUT2D eigenvalue weighted by molar-refractivity contribution is 5.89. The van der Waals surface area contributed by atoms with Crippen molar-refractivity contribution in [2.45, 2.75) is 40.7 Å². The van der Waals surface area contributed by atoms with Gasteiger partial charge in [0.05, 0.1) is 18.3 Å². The Morgan fingerprint density at radius 3 is 2.29 bits per heavy atom. The molecule has 0 saturated heterocycles. The molecule has 0 radical (unpaired) electrons. The zero-order chi connectivity index (χ0) is 11.4. The van der Waals surface area contributed by atoms with Gasteiger partial charge in [0.15, 0.2) is 0 Å². The molecule has 1 N–H and O–H groups in total. The number of allylic oxidation sites excluding steroid dienone is 1. The van der Waals surface area contributed by atoms with E-state index in [9.17, 15) is 9.90 Å². The van der Waals surface area contributed by atoms with Crippen molar-refractivity contribution in [1.82, 2.24) is 0 Å². The van der Waals surface area contributed by atoms with E-state index < -0.39 is 12.1 Å². The number of rotatable bonds is 3. The highest BCUT2D eigenvalue weighted by Crippen LogP contribution is 2.20. The molecule has 0 rings (SSSR count). The van der Waals surface area contributed by atoms with Crippen LogP contribution in [0.5, 0.6) is 0 Å². The first-order valence-electron chi connectivity index (χ1n) is 4.86. The summed E-state index contributed by atoms with van der Waals surface area (Å²) in [7, 11) is 0. The lowest BCUT2D eigenvalue weighted by atomic mass is 9.92. The number of hydrogen-bond donors (Lipinski definition) is 1. The van der Waals surface area contributed by atoms with Crippen molar-refractivity contribution in [3.05, 3.63) is 11.6 Å². The Labute approximate surface area is 85.8 Å². The van der Waals surface area contributed by atoms with Gasteiger partial charge in [0.2, 0.25) is 0 Å². The summed E-state index contributed by atoms with van der Waals surface area (Å²) >= 11 is 0. The highest BCUT2D eigenvalue weighted by Gasteiger charge is 2.19. The van der Waals surface area contributed by atoms with Crippen LogP contribution in [0.1, 0.15) is 34.6 Å². The largest absolute Gasteiger partial charge is 0.463 e. The van der Waals surface area contributed by atoms with Gasteiger partial charge in [-0.25, -0.2) is 4.79 Å². The summed E-state index contributed by atoms with van der Waals surface area (Å²) in [5, 5.41) is 9.40. The molecule has 0 aromatic rings. The van der Waals surface area contributed by atoms with Crippen LogP contribution < -0.4 is 0 Å². The second kappa shape index (κ2) is 5.15. The first-order chi connectivity index (χ1) is 6.28. The minimum Gasteiger partial charge on any atom is -0.463 e. The van der Waals surface area contributed by atoms with E-state index in [2.05, 4.69) is 0 Å². The molecule has 1 atom stereocenters. The monoisotopic (exact) mass is 200 g/mol. The van der Waals surface area contributed by atoms with Gasteiger partial charge in [0.1, 0.15) is 0 Å². The predicted octanol–water partition coefficient (Wildman–Crippen LogP) is 1.90. The van der Waals surface area contributed by atoms with E-state index in [0.717, 1.165) is 0 Å². The van der Waals surface area contributed by atoms with E-state index in [4.69, 9.17) is 4.74 Å². The van der Waals surface area contributed by atoms with Crippen molar-refractivity contribution in [2.24, 2.45) is 5.41 Å². The summed E-state index contributed by atoms with van der Waals surface area (Å²) in [5.41, 5.74) is 0.193.